The van der Waals surface area contributed by atoms with Gasteiger partial charge in [0, 0.05) is 25.0 Å². The van der Waals surface area contributed by atoms with Crippen molar-refractivity contribution in [2.24, 2.45) is 5.10 Å². The van der Waals surface area contributed by atoms with E-state index in [4.69, 9.17) is 0 Å². The summed E-state index contributed by atoms with van der Waals surface area (Å²) in [5.41, 5.74) is 5.02. The minimum atomic E-state index is 0.451. The number of hydrogen-bond donors (Lipinski definition) is 2. The topological polar surface area (TPSA) is 69.2 Å². The first-order valence-electron chi connectivity index (χ1n) is 6.70. The Morgan fingerprint density at radius 3 is 2.62 bits per heavy atom. The molecule has 1 heterocycles. The standard InChI is InChI=1S/C14H20N6S/c1-10(2)21-14-16-13(18-19-14)17-15-9-11-5-7-12(8-6-11)20(3)4/h5-10H,1-4H3,(H2,16,17,18,19)/b15-9-. The Morgan fingerprint density at radius 1 is 1.29 bits per heavy atom. The van der Waals surface area contributed by atoms with Crippen molar-refractivity contribution >= 4 is 29.6 Å². The van der Waals surface area contributed by atoms with E-state index in [9.17, 15) is 0 Å². The molecular weight excluding hydrogens is 284 g/mol. The van der Waals surface area contributed by atoms with Crippen LogP contribution >= 0.6 is 11.8 Å². The first-order valence-corrected chi connectivity index (χ1v) is 7.58. The average Bonchev–Trinajstić information content (AvgIpc) is 2.86. The van der Waals surface area contributed by atoms with Gasteiger partial charge in [0.15, 0.2) is 0 Å². The zero-order chi connectivity index (χ0) is 15.2. The maximum absolute atomic E-state index is 4.28. The second-order valence-corrected chi connectivity index (χ2v) is 6.53. The van der Waals surface area contributed by atoms with Crippen molar-refractivity contribution in [3.8, 4) is 0 Å². The van der Waals surface area contributed by atoms with Gasteiger partial charge in [0.05, 0.1) is 6.21 Å². The lowest BCUT2D eigenvalue weighted by Crippen LogP contribution is -2.08. The molecule has 0 aliphatic carbocycles. The Balaban J connectivity index is 1.91. The summed E-state index contributed by atoms with van der Waals surface area (Å²) in [5, 5.41) is 12.2. The number of anilines is 2. The Kier molecular flexibility index (Phi) is 5.21. The molecule has 0 unspecified atom stereocenters. The second-order valence-electron chi connectivity index (χ2n) is 4.99. The number of nitrogens with zero attached hydrogens (tertiary/aromatic N) is 4. The molecule has 1 aromatic heterocycles. The van der Waals surface area contributed by atoms with Crippen molar-refractivity contribution in [3.63, 3.8) is 0 Å². The Labute approximate surface area is 129 Å². The molecule has 0 amide bonds. The molecule has 7 heteroatoms. The van der Waals surface area contributed by atoms with Gasteiger partial charge in [-0.3, -0.25) is 0 Å². The first kappa shape index (κ1) is 15.4. The SMILES string of the molecule is CC(C)Sc1n[nH]c(N/N=C\c2ccc(N(C)C)cc2)n1. The molecule has 0 bridgehead atoms. The molecule has 0 fully saturated rings. The molecule has 21 heavy (non-hydrogen) atoms. The Hall–Kier alpha value is -2.02. The quantitative estimate of drug-likeness (QED) is 0.488. The third-order valence-electron chi connectivity index (χ3n) is 2.60. The summed E-state index contributed by atoms with van der Waals surface area (Å²) in [6.45, 7) is 4.20. The van der Waals surface area contributed by atoms with E-state index < -0.39 is 0 Å². The van der Waals surface area contributed by atoms with Gasteiger partial charge in [0.25, 0.3) is 0 Å². The third kappa shape index (κ3) is 4.78. The monoisotopic (exact) mass is 304 g/mol. The van der Waals surface area contributed by atoms with Gasteiger partial charge in [0.1, 0.15) is 0 Å². The summed E-state index contributed by atoms with van der Waals surface area (Å²) >= 11 is 1.60. The van der Waals surface area contributed by atoms with E-state index in [0.717, 1.165) is 16.4 Å². The largest absolute Gasteiger partial charge is 0.378 e. The maximum atomic E-state index is 4.28. The Bertz CT molecular complexity index is 588. The van der Waals surface area contributed by atoms with Crippen molar-refractivity contribution < 1.29 is 0 Å². The number of hydrazone groups is 1. The summed E-state index contributed by atoms with van der Waals surface area (Å²) in [6, 6.07) is 8.13. The third-order valence-corrected chi connectivity index (χ3v) is 3.46. The number of hydrogen-bond acceptors (Lipinski definition) is 6. The normalized spacial score (nSPS) is 11.3. The average molecular weight is 304 g/mol. The molecule has 0 atom stereocenters. The molecule has 6 nitrogen and oxygen atoms in total. The minimum absolute atomic E-state index is 0.451. The highest BCUT2D eigenvalue weighted by Crippen LogP contribution is 2.19. The number of H-pyrrole nitrogens is 1. The van der Waals surface area contributed by atoms with Crippen LogP contribution < -0.4 is 10.3 Å². The zero-order valence-electron chi connectivity index (χ0n) is 12.7. The molecule has 0 aliphatic heterocycles. The number of aromatic nitrogens is 3. The predicted molar refractivity (Wildman–Crippen MR) is 89.4 cm³/mol. The van der Waals surface area contributed by atoms with Crippen molar-refractivity contribution in [2.45, 2.75) is 24.3 Å². The molecular formula is C14H20N6S. The summed E-state index contributed by atoms with van der Waals surface area (Å²) in [4.78, 5) is 6.34. The molecule has 1 aromatic carbocycles. The van der Waals surface area contributed by atoms with E-state index in [1.807, 2.05) is 38.4 Å². The van der Waals surface area contributed by atoms with Gasteiger partial charge in [-0.05, 0) is 17.7 Å². The molecule has 0 spiro atoms. The lowest BCUT2D eigenvalue weighted by molar-refractivity contribution is 0.961. The van der Waals surface area contributed by atoms with Crippen LogP contribution in [0.25, 0.3) is 0 Å². The maximum Gasteiger partial charge on any atom is 0.240 e. The molecule has 2 N–H and O–H groups in total. The van der Waals surface area contributed by atoms with Crippen LogP contribution in [0, 0.1) is 0 Å². The predicted octanol–water partition coefficient (Wildman–Crippen LogP) is 2.82. The van der Waals surface area contributed by atoms with Gasteiger partial charge in [0.2, 0.25) is 11.1 Å². The second kappa shape index (κ2) is 7.12. The highest BCUT2D eigenvalue weighted by atomic mass is 32.2. The fourth-order valence-corrected chi connectivity index (χ4v) is 2.25. The van der Waals surface area contributed by atoms with E-state index >= 15 is 0 Å². The van der Waals surface area contributed by atoms with Crippen LogP contribution in [0.5, 0.6) is 0 Å². The molecule has 0 saturated carbocycles. The van der Waals surface area contributed by atoms with E-state index in [1.165, 1.54) is 0 Å². The van der Waals surface area contributed by atoms with Gasteiger partial charge >= 0.3 is 0 Å². The fraction of sp³-hybridized carbons (Fsp3) is 0.357. The molecule has 2 aromatic rings. The summed E-state index contributed by atoms with van der Waals surface area (Å²) in [7, 11) is 4.03. The molecule has 2 rings (SSSR count). The van der Waals surface area contributed by atoms with Crippen LogP contribution in [0.3, 0.4) is 0 Å². The van der Waals surface area contributed by atoms with Gasteiger partial charge in [-0.2, -0.15) is 10.1 Å². The number of thioether (sulfide) groups is 1. The Morgan fingerprint density at radius 2 is 2.00 bits per heavy atom. The lowest BCUT2D eigenvalue weighted by Gasteiger charge is -2.11. The number of nitrogens with one attached hydrogen (secondary N) is 2. The first-order chi connectivity index (χ1) is 10.0. The van der Waals surface area contributed by atoms with Crippen LogP contribution in [-0.2, 0) is 0 Å². The van der Waals surface area contributed by atoms with Crippen LogP contribution in [0.2, 0.25) is 0 Å². The smallest absolute Gasteiger partial charge is 0.240 e. The summed E-state index contributed by atoms with van der Waals surface area (Å²) in [6.07, 6.45) is 1.75. The highest BCUT2D eigenvalue weighted by molar-refractivity contribution is 7.99. The van der Waals surface area contributed by atoms with Crippen LogP contribution in [0.15, 0.2) is 34.5 Å². The summed E-state index contributed by atoms with van der Waals surface area (Å²) < 4.78 is 0. The van der Waals surface area contributed by atoms with E-state index in [-0.39, 0.29) is 0 Å². The summed E-state index contributed by atoms with van der Waals surface area (Å²) in [5.74, 6) is 0.541. The molecule has 112 valence electrons. The van der Waals surface area contributed by atoms with Crippen LogP contribution in [-0.4, -0.2) is 40.7 Å². The van der Waals surface area contributed by atoms with Gasteiger partial charge in [-0.1, -0.05) is 37.7 Å². The number of benzene rings is 1. The highest BCUT2D eigenvalue weighted by Gasteiger charge is 2.04. The van der Waals surface area contributed by atoms with Gasteiger partial charge in [-0.15, -0.1) is 5.10 Å². The van der Waals surface area contributed by atoms with Crippen molar-refractivity contribution in [2.75, 3.05) is 24.4 Å². The molecule has 0 radical (unpaired) electrons. The van der Waals surface area contributed by atoms with Crippen LogP contribution in [0.4, 0.5) is 11.6 Å². The van der Waals surface area contributed by atoms with Crippen molar-refractivity contribution in [1.82, 2.24) is 15.2 Å². The minimum Gasteiger partial charge on any atom is -0.378 e. The molecule has 0 saturated heterocycles. The van der Waals surface area contributed by atoms with Gasteiger partial charge < -0.3 is 4.90 Å². The zero-order valence-corrected chi connectivity index (χ0v) is 13.5. The number of rotatable bonds is 6. The van der Waals surface area contributed by atoms with E-state index in [0.29, 0.717) is 11.2 Å². The van der Waals surface area contributed by atoms with E-state index in [2.05, 4.69) is 44.5 Å². The van der Waals surface area contributed by atoms with Crippen molar-refractivity contribution in [1.29, 1.82) is 0 Å². The van der Waals surface area contributed by atoms with E-state index in [1.54, 1.807) is 18.0 Å². The number of aromatic amines is 1. The van der Waals surface area contributed by atoms with Crippen LogP contribution in [0.1, 0.15) is 19.4 Å². The van der Waals surface area contributed by atoms with Gasteiger partial charge in [-0.25, -0.2) is 10.5 Å². The lowest BCUT2D eigenvalue weighted by atomic mass is 10.2. The molecule has 0 aliphatic rings. The van der Waals surface area contributed by atoms with Crippen molar-refractivity contribution in [3.05, 3.63) is 29.8 Å². The fourth-order valence-electron chi connectivity index (χ4n) is 1.59.